The first-order valence-electron chi connectivity index (χ1n) is 6.90. The number of aliphatic hydroxyl groups is 1. The Morgan fingerprint density at radius 2 is 1.52 bits per heavy atom. The molecule has 1 amide bonds. The molecule has 0 atom stereocenters. The van der Waals surface area contributed by atoms with Gasteiger partial charge in [-0.05, 0) is 11.1 Å². The first-order valence-corrected chi connectivity index (χ1v) is 6.90. The fourth-order valence-corrected chi connectivity index (χ4v) is 2.05. The number of benzene rings is 2. The van der Waals surface area contributed by atoms with Crippen molar-refractivity contribution in [3.8, 4) is 0 Å². The summed E-state index contributed by atoms with van der Waals surface area (Å²) in [5, 5.41) is 11.3. The number of nitrogens with one attached hydrogen (secondary N) is 1. The van der Waals surface area contributed by atoms with Crippen molar-refractivity contribution in [2.45, 2.75) is 6.10 Å². The SMILES string of the molecule is O=C(COC(c1ccccc1)c1ccccc1)NCCO. The van der Waals surface area contributed by atoms with Crippen molar-refractivity contribution in [3.63, 3.8) is 0 Å². The van der Waals surface area contributed by atoms with Gasteiger partial charge in [-0.1, -0.05) is 60.7 Å². The van der Waals surface area contributed by atoms with E-state index in [0.29, 0.717) is 0 Å². The van der Waals surface area contributed by atoms with Gasteiger partial charge in [-0.3, -0.25) is 4.79 Å². The van der Waals surface area contributed by atoms with Crippen molar-refractivity contribution in [2.24, 2.45) is 0 Å². The molecule has 0 bridgehead atoms. The van der Waals surface area contributed by atoms with Crippen LogP contribution < -0.4 is 5.32 Å². The number of hydrogen-bond acceptors (Lipinski definition) is 3. The van der Waals surface area contributed by atoms with Gasteiger partial charge in [0.25, 0.3) is 0 Å². The van der Waals surface area contributed by atoms with Gasteiger partial charge in [0, 0.05) is 6.54 Å². The molecular weight excluding hydrogens is 266 g/mol. The van der Waals surface area contributed by atoms with Gasteiger partial charge in [-0.15, -0.1) is 0 Å². The molecule has 2 aromatic carbocycles. The summed E-state index contributed by atoms with van der Waals surface area (Å²) in [7, 11) is 0. The molecule has 0 spiro atoms. The summed E-state index contributed by atoms with van der Waals surface area (Å²) in [5.41, 5.74) is 2.00. The fraction of sp³-hybridized carbons (Fsp3) is 0.235. The third kappa shape index (κ3) is 4.70. The normalized spacial score (nSPS) is 10.6. The molecule has 4 heteroatoms. The van der Waals surface area contributed by atoms with Gasteiger partial charge >= 0.3 is 0 Å². The van der Waals surface area contributed by atoms with Gasteiger partial charge in [0.05, 0.1) is 6.61 Å². The second-order valence-electron chi connectivity index (χ2n) is 4.59. The maximum absolute atomic E-state index is 11.6. The predicted molar refractivity (Wildman–Crippen MR) is 80.8 cm³/mol. The van der Waals surface area contributed by atoms with E-state index in [1.807, 2.05) is 60.7 Å². The summed E-state index contributed by atoms with van der Waals surface area (Å²) >= 11 is 0. The number of carbonyl (C=O) groups excluding carboxylic acids is 1. The Balaban J connectivity index is 2.09. The maximum atomic E-state index is 11.6. The minimum atomic E-state index is -0.285. The highest BCUT2D eigenvalue weighted by Gasteiger charge is 2.15. The number of amides is 1. The molecule has 4 nitrogen and oxygen atoms in total. The van der Waals surface area contributed by atoms with Crippen molar-refractivity contribution < 1.29 is 14.6 Å². The largest absolute Gasteiger partial charge is 0.395 e. The minimum Gasteiger partial charge on any atom is -0.395 e. The number of carbonyl (C=O) groups is 1. The summed E-state index contributed by atoms with van der Waals surface area (Å²) in [4.78, 5) is 11.6. The van der Waals surface area contributed by atoms with E-state index < -0.39 is 0 Å². The van der Waals surface area contributed by atoms with Crippen molar-refractivity contribution in [2.75, 3.05) is 19.8 Å². The van der Waals surface area contributed by atoms with Crippen LogP contribution >= 0.6 is 0 Å². The zero-order valence-electron chi connectivity index (χ0n) is 11.7. The maximum Gasteiger partial charge on any atom is 0.246 e. The molecule has 0 aliphatic carbocycles. The summed E-state index contributed by atoms with van der Waals surface area (Å²) in [5.74, 6) is -0.235. The molecule has 2 aromatic rings. The monoisotopic (exact) mass is 285 g/mol. The van der Waals surface area contributed by atoms with E-state index in [-0.39, 0.29) is 31.8 Å². The second-order valence-corrected chi connectivity index (χ2v) is 4.59. The summed E-state index contributed by atoms with van der Waals surface area (Å²) < 4.78 is 5.78. The summed E-state index contributed by atoms with van der Waals surface area (Å²) in [6, 6.07) is 19.6. The molecule has 0 unspecified atom stereocenters. The molecule has 0 fully saturated rings. The average Bonchev–Trinajstić information content (AvgIpc) is 2.55. The van der Waals surface area contributed by atoms with Gasteiger partial charge in [-0.2, -0.15) is 0 Å². The van der Waals surface area contributed by atoms with Gasteiger partial charge in [0.1, 0.15) is 12.7 Å². The van der Waals surface area contributed by atoms with Crippen LogP contribution in [0.1, 0.15) is 17.2 Å². The molecule has 0 heterocycles. The van der Waals surface area contributed by atoms with Crippen molar-refractivity contribution >= 4 is 5.91 Å². The van der Waals surface area contributed by atoms with E-state index in [4.69, 9.17) is 9.84 Å². The van der Waals surface area contributed by atoms with Crippen LogP contribution in [0.2, 0.25) is 0 Å². The molecule has 110 valence electrons. The van der Waals surface area contributed by atoms with Crippen molar-refractivity contribution in [3.05, 3.63) is 71.8 Å². The molecule has 2 rings (SSSR count). The lowest BCUT2D eigenvalue weighted by Gasteiger charge is -2.18. The van der Waals surface area contributed by atoms with Crippen LogP contribution in [0.3, 0.4) is 0 Å². The zero-order valence-corrected chi connectivity index (χ0v) is 11.7. The fourth-order valence-electron chi connectivity index (χ4n) is 2.05. The highest BCUT2D eigenvalue weighted by molar-refractivity contribution is 5.77. The Bertz CT molecular complexity index is 503. The first-order chi connectivity index (χ1) is 10.3. The molecule has 0 saturated heterocycles. The third-order valence-electron chi connectivity index (χ3n) is 3.02. The van der Waals surface area contributed by atoms with Gasteiger partial charge in [0.2, 0.25) is 5.91 Å². The van der Waals surface area contributed by atoms with Crippen LogP contribution in [0.4, 0.5) is 0 Å². The lowest BCUT2D eigenvalue weighted by molar-refractivity contribution is -0.127. The Labute approximate surface area is 124 Å². The molecule has 21 heavy (non-hydrogen) atoms. The Hall–Kier alpha value is -2.17. The molecule has 2 N–H and O–H groups in total. The number of aliphatic hydroxyl groups excluding tert-OH is 1. The minimum absolute atomic E-state index is 0.0472. The highest BCUT2D eigenvalue weighted by Crippen LogP contribution is 2.25. The van der Waals surface area contributed by atoms with Gasteiger partial charge < -0.3 is 15.2 Å². The van der Waals surface area contributed by atoms with Crippen LogP contribution in [-0.2, 0) is 9.53 Å². The molecule has 0 aliphatic rings. The smallest absolute Gasteiger partial charge is 0.246 e. The first kappa shape index (κ1) is 15.2. The average molecular weight is 285 g/mol. The molecule has 0 radical (unpaired) electrons. The Morgan fingerprint density at radius 1 is 1.00 bits per heavy atom. The van der Waals surface area contributed by atoms with Crippen molar-refractivity contribution in [1.82, 2.24) is 5.32 Å². The van der Waals surface area contributed by atoms with E-state index >= 15 is 0 Å². The quantitative estimate of drug-likeness (QED) is 0.817. The van der Waals surface area contributed by atoms with Crippen LogP contribution in [-0.4, -0.2) is 30.8 Å². The third-order valence-corrected chi connectivity index (χ3v) is 3.02. The molecule has 0 aromatic heterocycles. The number of rotatable bonds is 7. The Morgan fingerprint density at radius 3 is 2.00 bits per heavy atom. The van der Waals surface area contributed by atoms with Gasteiger partial charge in [0.15, 0.2) is 0 Å². The van der Waals surface area contributed by atoms with Crippen molar-refractivity contribution in [1.29, 1.82) is 0 Å². The standard InChI is InChI=1S/C17H19NO3/c19-12-11-18-16(20)13-21-17(14-7-3-1-4-8-14)15-9-5-2-6-10-15/h1-10,17,19H,11-13H2,(H,18,20). The zero-order chi connectivity index (χ0) is 14.9. The molecule has 0 saturated carbocycles. The van der Waals surface area contributed by atoms with Crippen LogP contribution in [0.5, 0.6) is 0 Å². The van der Waals surface area contributed by atoms with Crippen LogP contribution in [0, 0.1) is 0 Å². The second kappa shape index (κ2) is 8.19. The van der Waals surface area contributed by atoms with E-state index in [2.05, 4.69) is 5.32 Å². The highest BCUT2D eigenvalue weighted by atomic mass is 16.5. The molecule has 0 aliphatic heterocycles. The van der Waals surface area contributed by atoms with Crippen LogP contribution in [0.25, 0.3) is 0 Å². The topological polar surface area (TPSA) is 58.6 Å². The lowest BCUT2D eigenvalue weighted by Crippen LogP contribution is -2.30. The van der Waals surface area contributed by atoms with Crippen LogP contribution in [0.15, 0.2) is 60.7 Å². The Kier molecular flexibility index (Phi) is 5.94. The predicted octanol–water partition coefficient (Wildman–Crippen LogP) is 1.90. The van der Waals surface area contributed by atoms with Gasteiger partial charge in [-0.25, -0.2) is 0 Å². The number of ether oxygens (including phenoxy) is 1. The summed E-state index contributed by atoms with van der Waals surface area (Å²) in [6.07, 6.45) is -0.285. The molecular formula is C17H19NO3. The summed E-state index contributed by atoms with van der Waals surface area (Å²) in [6.45, 7) is 0.116. The van der Waals surface area contributed by atoms with E-state index in [0.717, 1.165) is 11.1 Å². The lowest BCUT2D eigenvalue weighted by atomic mass is 10.0. The van der Waals surface area contributed by atoms with E-state index in [1.165, 1.54) is 0 Å². The van der Waals surface area contributed by atoms with E-state index in [1.54, 1.807) is 0 Å². The van der Waals surface area contributed by atoms with E-state index in [9.17, 15) is 4.79 Å². The number of hydrogen-bond donors (Lipinski definition) is 2.